The molecule has 0 radical (unpaired) electrons. The van der Waals surface area contributed by atoms with Gasteiger partial charge in [0.15, 0.2) is 0 Å². The van der Waals surface area contributed by atoms with Crippen molar-refractivity contribution in [2.24, 2.45) is 0 Å². The van der Waals surface area contributed by atoms with E-state index in [0.29, 0.717) is 0 Å². The van der Waals surface area contributed by atoms with Crippen molar-refractivity contribution in [1.29, 1.82) is 0 Å². The van der Waals surface area contributed by atoms with Gasteiger partial charge in [-0.25, -0.2) is 8.78 Å². The summed E-state index contributed by atoms with van der Waals surface area (Å²) in [6.07, 6.45) is -2.81. The maximum Gasteiger partial charge on any atom is 0.267 e. The maximum absolute atomic E-state index is 12.3. The lowest BCUT2D eigenvalue weighted by atomic mass is 10.1. The second-order valence-electron chi connectivity index (χ2n) is 2.59. The van der Waals surface area contributed by atoms with Gasteiger partial charge in [-0.2, -0.15) is 0 Å². The largest absolute Gasteiger partial charge is 0.505 e. The van der Waals surface area contributed by atoms with Crippen LogP contribution in [0.25, 0.3) is 0 Å². The van der Waals surface area contributed by atoms with Gasteiger partial charge in [-0.3, -0.25) is 4.98 Å². The molecule has 1 rings (SSSR count). The zero-order chi connectivity index (χ0) is 10.7. The lowest BCUT2D eigenvalue weighted by Gasteiger charge is -2.08. The Morgan fingerprint density at radius 2 is 2.14 bits per heavy atom. The Hall–Kier alpha value is -0.940. The van der Waals surface area contributed by atoms with Crippen LogP contribution in [0.15, 0.2) is 6.07 Å². The van der Waals surface area contributed by atoms with E-state index in [0.717, 1.165) is 6.07 Å². The van der Waals surface area contributed by atoms with Crippen molar-refractivity contribution >= 4 is 11.6 Å². The van der Waals surface area contributed by atoms with Crippen molar-refractivity contribution < 1.29 is 19.0 Å². The predicted octanol–water partition coefficient (Wildman–Crippen LogP) is 1.96. The molecule has 0 unspecified atom stereocenters. The molecule has 0 aromatic carbocycles. The molecule has 14 heavy (non-hydrogen) atoms. The van der Waals surface area contributed by atoms with Crippen LogP contribution < -0.4 is 0 Å². The molecule has 0 saturated carbocycles. The number of rotatable bonds is 3. The molecule has 0 atom stereocenters. The summed E-state index contributed by atoms with van der Waals surface area (Å²) in [5.41, 5.74) is -0.540. The highest BCUT2D eigenvalue weighted by atomic mass is 35.5. The van der Waals surface area contributed by atoms with Crippen LogP contribution >= 0.6 is 11.6 Å². The second kappa shape index (κ2) is 4.52. The quantitative estimate of drug-likeness (QED) is 0.771. The zero-order valence-corrected chi connectivity index (χ0v) is 7.80. The summed E-state index contributed by atoms with van der Waals surface area (Å²) in [5.74, 6) is -0.719. The normalized spacial score (nSPS) is 10.9. The number of alkyl halides is 3. The third-order valence-corrected chi connectivity index (χ3v) is 1.94. The topological polar surface area (TPSA) is 53.4 Å². The fourth-order valence-corrected chi connectivity index (χ4v) is 1.15. The van der Waals surface area contributed by atoms with Crippen LogP contribution in [0.5, 0.6) is 5.75 Å². The molecule has 0 amide bonds. The van der Waals surface area contributed by atoms with E-state index in [2.05, 4.69) is 4.98 Å². The van der Waals surface area contributed by atoms with Gasteiger partial charge in [0.2, 0.25) is 0 Å². The lowest BCUT2D eigenvalue weighted by molar-refractivity contribution is 0.146. The van der Waals surface area contributed by atoms with Gasteiger partial charge in [0.05, 0.1) is 23.7 Å². The Balaban J connectivity index is 3.27. The van der Waals surface area contributed by atoms with Crippen molar-refractivity contribution in [2.45, 2.75) is 18.9 Å². The Labute approximate surface area is 84.0 Å². The molecule has 78 valence electrons. The summed E-state index contributed by atoms with van der Waals surface area (Å²) in [4.78, 5) is 3.69. The molecule has 0 bridgehead atoms. The van der Waals surface area contributed by atoms with E-state index in [1.807, 2.05) is 0 Å². The molecule has 0 spiro atoms. The van der Waals surface area contributed by atoms with Crippen LogP contribution in [-0.4, -0.2) is 15.2 Å². The molecule has 0 saturated heterocycles. The fourth-order valence-electron chi connectivity index (χ4n) is 1.02. The number of hydrogen-bond donors (Lipinski definition) is 2. The molecule has 2 N–H and O–H groups in total. The highest BCUT2D eigenvalue weighted by Crippen LogP contribution is 2.31. The summed E-state index contributed by atoms with van der Waals surface area (Å²) in [5, 5.41) is 18.0. The minimum atomic E-state index is -2.81. The van der Waals surface area contributed by atoms with Gasteiger partial charge in [0.25, 0.3) is 6.43 Å². The summed E-state index contributed by atoms with van der Waals surface area (Å²) < 4.78 is 24.7. The molecular formula is C8H8ClF2NO2. The van der Waals surface area contributed by atoms with E-state index < -0.39 is 24.3 Å². The van der Waals surface area contributed by atoms with Crippen molar-refractivity contribution in [3.05, 3.63) is 23.0 Å². The van der Waals surface area contributed by atoms with Gasteiger partial charge in [-0.15, -0.1) is 11.6 Å². The number of hydrogen-bond acceptors (Lipinski definition) is 3. The van der Waals surface area contributed by atoms with Crippen molar-refractivity contribution in [1.82, 2.24) is 4.98 Å². The molecule has 1 heterocycles. The SMILES string of the molecule is OCc1nc(CCl)cc(C(F)F)c1O. The van der Waals surface area contributed by atoms with Gasteiger partial charge in [-0.1, -0.05) is 0 Å². The first-order chi connectivity index (χ1) is 6.60. The van der Waals surface area contributed by atoms with Gasteiger partial charge >= 0.3 is 0 Å². The highest BCUT2D eigenvalue weighted by Gasteiger charge is 2.17. The highest BCUT2D eigenvalue weighted by molar-refractivity contribution is 6.16. The first-order valence-corrected chi connectivity index (χ1v) is 4.30. The standard InChI is InChI=1S/C8H8ClF2NO2/c9-2-4-1-5(8(10)11)7(14)6(3-13)12-4/h1,8,13-14H,2-3H2. The number of aliphatic hydroxyl groups excluding tert-OH is 1. The molecule has 1 aromatic rings. The first kappa shape index (κ1) is 11.1. The van der Waals surface area contributed by atoms with Crippen molar-refractivity contribution in [2.75, 3.05) is 0 Å². The zero-order valence-electron chi connectivity index (χ0n) is 7.04. The molecule has 0 aliphatic heterocycles. The molecule has 0 aliphatic carbocycles. The van der Waals surface area contributed by atoms with Crippen molar-refractivity contribution in [3.8, 4) is 5.75 Å². The number of pyridine rings is 1. The molecule has 0 aliphatic rings. The number of nitrogens with zero attached hydrogens (tertiary/aromatic N) is 1. The fraction of sp³-hybridized carbons (Fsp3) is 0.375. The smallest absolute Gasteiger partial charge is 0.267 e. The number of aliphatic hydroxyl groups is 1. The van der Waals surface area contributed by atoms with E-state index in [1.54, 1.807) is 0 Å². The van der Waals surface area contributed by atoms with Crippen LogP contribution in [0.1, 0.15) is 23.4 Å². The van der Waals surface area contributed by atoms with Crippen molar-refractivity contribution in [3.63, 3.8) is 0 Å². The van der Waals surface area contributed by atoms with Crippen LogP contribution in [0.2, 0.25) is 0 Å². The summed E-state index contributed by atoms with van der Waals surface area (Å²) >= 11 is 5.41. The Kier molecular flexibility index (Phi) is 3.60. The monoisotopic (exact) mass is 223 g/mol. The minimum Gasteiger partial charge on any atom is -0.505 e. The number of aromatic hydroxyl groups is 1. The van der Waals surface area contributed by atoms with Gasteiger partial charge < -0.3 is 10.2 Å². The maximum atomic E-state index is 12.3. The predicted molar refractivity (Wildman–Crippen MR) is 46.3 cm³/mol. The van der Waals surface area contributed by atoms with Gasteiger partial charge in [0, 0.05) is 0 Å². The Morgan fingerprint density at radius 3 is 2.57 bits per heavy atom. The van der Waals surface area contributed by atoms with Gasteiger partial charge in [0.1, 0.15) is 11.4 Å². The number of aromatic nitrogens is 1. The minimum absolute atomic E-state index is 0.0486. The molecule has 0 fully saturated rings. The molecule has 6 heteroatoms. The van der Waals surface area contributed by atoms with Gasteiger partial charge in [-0.05, 0) is 6.07 Å². The van der Waals surface area contributed by atoms with Crippen LogP contribution in [0.4, 0.5) is 8.78 Å². The Bertz CT molecular complexity index is 333. The summed E-state index contributed by atoms with van der Waals surface area (Å²) in [7, 11) is 0. The van der Waals surface area contributed by atoms with E-state index in [9.17, 15) is 13.9 Å². The number of halogens is 3. The summed E-state index contributed by atoms with van der Waals surface area (Å²) in [6, 6.07) is 1.02. The van der Waals surface area contributed by atoms with E-state index in [1.165, 1.54) is 0 Å². The molecule has 1 aromatic heterocycles. The average Bonchev–Trinajstić information content (AvgIpc) is 2.17. The molecule has 3 nitrogen and oxygen atoms in total. The second-order valence-corrected chi connectivity index (χ2v) is 2.86. The average molecular weight is 224 g/mol. The van der Waals surface area contributed by atoms with E-state index >= 15 is 0 Å². The van der Waals surface area contributed by atoms with Crippen LogP contribution in [0, 0.1) is 0 Å². The van der Waals surface area contributed by atoms with Crippen LogP contribution in [0.3, 0.4) is 0 Å². The van der Waals surface area contributed by atoms with Crippen LogP contribution in [-0.2, 0) is 12.5 Å². The van der Waals surface area contributed by atoms with E-state index in [-0.39, 0.29) is 17.3 Å². The Morgan fingerprint density at radius 1 is 1.50 bits per heavy atom. The summed E-state index contributed by atoms with van der Waals surface area (Å²) in [6.45, 7) is -0.601. The third-order valence-electron chi connectivity index (χ3n) is 1.67. The third kappa shape index (κ3) is 2.10. The first-order valence-electron chi connectivity index (χ1n) is 3.76. The lowest BCUT2D eigenvalue weighted by Crippen LogP contribution is -1.99. The molecular weight excluding hydrogens is 216 g/mol. The van der Waals surface area contributed by atoms with E-state index in [4.69, 9.17) is 16.7 Å².